The Hall–Kier alpha value is -3.14. The van der Waals surface area contributed by atoms with Gasteiger partial charge in [0.25, 0.3) is 11.5 Å². The molecule has 1 saturated heterocycles. The van der Waals surface area contributed by atoms with Crippen molar-refractivity contribution in [2.75, 3.05) is 5.32 Å². The Labute approximate surface area is 215 Å². The minimum absolute atomic E-state index is 0.167. The molecule has 0 spiro atoms. The van der Waals surface area contributed by atoms with Crippen molar-refractivity contribution in [3.8, 4) is 11.1 Å². The van der Waals surface area contributed by atoms with Crippen molar-refractivity contribution in [3.05, 3.63) is 79.6 Å². The molecule has 0 radical (unpaired) electrons. The number of benzene rings is 2. The molecule has 4 rings (SSSR count). The largest absolute Gasteiger partial charge is 0.495 e. The Bertz CT molecular complexity index is 1480. The number of carbonyl (C=O) groups excluding carboxylic acids is 1. The van der Waals surface area contributed by atoms with Gasteiger partial charge in [0.1, 0.15) is 5.56 Å². The molecule has 0 aliphatic carbocycles. The second-order valence-electron chi connectivity index (χ2n) is 10.0. The van der Waals surface area contributed by atoms with E-state index in [1.807, 2.05) is 58.9 Å². The monoisotopic (exact) mass is 509 g/mol. The van der Waals surface area contributed by atoms with E-state index in [0.717, 1.165) is 21.2 Å². The van der Waals surface area contributed by atoms with Gasteiger partial charge in [0.05, 0.1) is 21.9 Å². The van der Waals surface area contributed by atoms with Crippen molar-refractivity contribution in [1.29, 1.82) is 0 Å². The standard InChI is InChI=1S/C26H29BClN3O5/c1-15-16(10-8-12-19(15)27-35-25(2,3)26(4,5)36-27)17-11-9-13-20(21(17)28)29-22(32)18-14-30(6)24(34)31(7)23(18)33/h8-14H,1-7H3,(H,29,32). The van der Waals surface area contributed by atoms with Gasteiger partial charge >= 0.3 is 12.8 Å². The summed E-state index contributed by atoms with van der Waals surface area (Å²) < 4.78 is 14.6. The number of hydrogen-bond acceptors (Lipinski definition) is 5. The van der Waals surface area contributed by atoms with Crippen LogP contribution in [0.5, 0.6) is 0 Å². The summed E-state index contributed by atoms with van der Waals surface area (Å²) >= 11 is 6.76. The van der Waals surface area contributed by atoms with Crippen molar-refractivity contribution in [2.24, 2.45) is 14.1 Å². The van der Waals surface area contributed by atoms with Crippen molar-refractivity contribution in [1.82, 2.24) is 9.13 Å². The maximum Gasteiger partial charge on any atom is 0.495 e. The first kappa shape index (κ1) is 25.9. The van der Waals surface area contributed by atoms with Crippen LogP contribution in [0, 0.1) is 6.92 Å². The number of aryl methyl sites for hydroxylation is 1. The minimum atomic E-state index is -0.686. The number of aromatic nitrogens is 2. The Kier molecular flexibility index (Phi) is 6.53. The Morgan fingerprint density at radius 3 is 2.19 bits per heavy atom. The van der Waals surface area contributed by atoms with E-state index in [2.05, 4.69) is 5.32 Å². The van der Waals surface area contributed by atoms with Crippen LogP contribution in [0.4, 0.5) is 5.69 Å². The molecule has 0 atom stereocenters. The lowest BCUT2D eigenvalue weighted by Gasteiger charge is -2.32. The SMILES string of the molecule is Cc1c(B2OC(C)(C)C(C)(C)O2)cccc1-c1cccc(NC(=O)c2cn(C)c(=O)n(C)c2=O)c1Cl. The van der Waals surface area contributed by atoms with Gasteiger partial charge in [-0.2, -0.15) is 0 Å². The topological polar surface area (TPSA) is 91.6 Å². The predicted octanol–water partition coefficient (Wildman–Crippen LogP) is 3.26. The van der Waals surface area contributed by atoms with Crippen LogP contribution in [0.2, 0.25) is 5.02 Å². The molecule has 0 bridgehead atoms. The summed E-state index contributed by atoms with van der Waals surface area (Å²) in [6, 6.07) is 11.1. The number of nitrogens with one attached hydrogen (secondary N) is 1. The summed E-state index contributed by atoms with van der Waals surface area (Å²) in [7, 11) is 2.27. The van der Waals surface area contributed by atoms with Gasteiger partial charge in [-0.25, -0.2) is 4.79 Å². The zero-order valence-corrected chi connectivity index (χ0v) is 22.2. The second-order valence-corrected chi connectivity index (χ2v) is 10.4. The number of rotatable bonds is 4. The molecule has 10 heteroatoms. The molecule has 1 fully saturated rings. The van der Waals surface area contributed by atoms with Crippen LogP contribution in [0.15, 0.2) is 52.2 Å². The quantitative estimate of drug-likeness (QED) is 0.545. The molecule has 1 aliphatic heterocycles. The van der Waals surface area contributed by atoms with Gasteiger partial charge in [0, 0.05) is 25.9 Å². The summed E-state index contributed by atoms with van der Waals surface area (Å²) in [4.78, 5) is 37.4. The second kappa shape index (κ2) is 9.07. The van der Waals surface area contributed by atoms with Gasteiger partial charge in [-0.15, -0.1) is 0 Å². The fraction of sp³-hybridized carbons (Fsp3) is 0.346. The van der Waals surface area contributed by atoms with E-state index >= 15 is 0 Å². The highest BCUT2D eigenvalue weighted by atomic mass is 35.5. The lowest BCUT2D eigenvalue weighted by molar-refractivity contribution is 0.00578. The first-order valence-electron chi connectivity index (χ1n) is 11.6. The van der Waals surface area contributed by atoms with Crippen LogP contribution in [0.3, 0.4) is 0 Å². The number of halogens is 1. The molecule has 0 unspecified atom stereocenters. The van der Waals surface area contributed by atoms with Crippen molar-refractivity contribution in [3.63, 3.8) is 0 Å². The minimum Gasteiger partial charge on any atom is -0.399 e. The van der Waals surface area contributed by atoms with E-state index in [1.54, 1.807) is 12.1 Å². The maximum atomic E-state index is 12.9. The van der Waals surface area contributed by atoms with E-state index in [4.69, 9.17) is 20.9 Å². The van der Waals surface area contributed by atoms with E-state index in [0.29, 0.717) is 16.3 Å². The summed E-state index contributed by atoms with van der Waals surface area (Å²) in [6.45, 7) is 10.0. The molecule has 8 nitrogen and oxygen atoms in total. The number of anilines is 1. The first-order chi connectivity index (χ1) is 16.7. The highest BCUT2D eigenvalue weighted by Crippen LogP contribution is 2.38. The number of carbonyl (C=O) groups is 1. The van der Waals surface area contributed by atoms with E-state index in [1.165, 1.54) is 24.9 Å². The van der Waals surface area contributed by atoms with E-state index in [-0.39, 0.29) is 5.56 Å². The first-order valence-corrected chi connectivity index (χ1v) is 11.9. The van der Waals surface area contributed by atoms with Gasteiger partial charge in [-0.3, -0.25) is 14.2 Å². The fourth-order valence-corrected chi connectivity index (χ4v) is 4.44. The lowest BCUT2D eigenvalue weighted by Crippen LogP contribution is -2.41. The molecule has 2 heterocycles. The fourth-order valence-electron chi connectivity index (χ4n) is 4.16. The third-order valence-electron chi connectivity index (χ3n) is 7.11. The summed E-state index contributed by atoms with van der Waals surface area (Å²) in [5.74, 6) is -0.659. The molecular formula is C26H29BClN3O5. The Morgan fingerprint density at radius 1 is 0.972 bits per heavy atom. The maximum absolute atomic E-state index is 12.9. The molecule has 1 aromatic heterocycles. The van der Waals surface area contributed by atoms with Gasteiger partial charge in [0.2, 0.25) is 0 Å². The lowest BCUT2D eigenvalue weighted by atomic mass is 9.74. The van der Waals surface area contributed by atoms with Crippen LogP contribution in [0.1, 0.15) is 43.6 Å². The Morgan fingerprint density at radius 2 is 1.56 bits per heavy atom. The van der Waals surface area contributed by atoms with E-state index in [9.17, 15) is 14.4 Å². The van der Waals surface area contributed by atoms with E-state index < -0.39 is 35.5 Å². The average molecular weight is 510 g/mol. The third-order valence-corrected chi connectivity index (χ3v) is 7.52. The van der Waals surface area contributed by atoms with Crippen molar-refractivity contribution in [2.45, 2.75) is 45.8 Å². The van der Waals surface area contributed by atoms with Crippen LogP contribution in [0.25, 0.3) is 11.1 Å². The number of nitrogens with zero attached hydrogens (tertiary/aromatic N) is 2. The molecule has 2 aromatic carbocycles. The zero-order valence-electron chi connectivity index (χ0n) is 21.4. The van der Waals surface area contributed by atoms with Gasteiger partial charge in [-0.05, 0) is 57.3 Å². The summed E-state index contributed by atoms with van der Waals surface area (Å²) in [5, 5.41) is 3.03. The predicted molar refractivity (Wildman–Crippen MR) is 142 cm³/mol. The van der Waals surface area contributed by atoms with Crippen LogP contribution < -0.4 is 22.0 Å². The molecule has 188 valence electrons. The van der Waals surface area contributed by atoms with Gasteiger partial charge in [-0.1, -0.05) is 41.9 Å². The molecule has 1 N–H and O–H groups in total. The molecule has 0 saturated carbocycles. The number of hydrogen-bond donors (Lipinski definition) is 1. The summed E-state index contributed by atoms with van der Waals surface area (Å²) in [6.07, 6.45) is 1.22. The van der Waals surface area contributed by atoms with Crippen molar-refractivity contribution < 1.29 is 14.1 Å². The average Bonchev–Trinajstić information content (AvgIpc) is 3.03. The highest BCUT2D eigenvalue weighted by molar-refractivity contribution is 6.62. The molecule has 1 aliphatic rings. The normalized spacial score (nSPS) is 16.3. The van der Waals surface area contributed by atoms with Crippen molar-refractivity contribution >= 4 is 35.8 Å². The summed E-state index contributed by atoms with van der Waals surface area (Å²) in [5.41, 5.74) is 1.43. The molecular weight excluding hydrogens is 481 g/mol. The molecule has 1 amide bonds. The van der Waals surface area contributed by atoms with Crippen LogP contribution >= 0.6 is 11.6 Å². The molecule has 3 aromatic rings. The smallest absolute Gasteiger partial charge is 0.399 e. The Balaban J connectivity index is 1.70. The number of amides is 1. The van der Waals surface area contributed by atoms with Crippen LogP contribution in [-0.2, 0) is 23.4 Å². The third kappa shape index (κ3) is 4.32. The molecule has 36 heavy (non-hydrogen) atoms. The highest BCUT2D eigenvalue weighted by Gasteiger charge is 2.52. The van der Waals surface area contributed by atoms with Crippen LogP contribution in [-0.4, -0.2) is 33.4 Å². The zero-order chi connectivity index (χ0) is 26.6. The van der Waals surface area contributed by atoms with Gasteiger partial charge < -0.3 is 19.2 Å². The van der Waals surface area contributed by atoms with Gasteiger partial charge in [0.15, 0.2) is 0 Å².